The smallest absolute Gasteiger partial charge is 0.0158 e. The highest BCUT2D eigenvalue weighted by Gasteiger charge is 2.43. The van der Waals surface area contributed by atoms with Crippen molar-refractivity contribution in [3.63, 3.8) is 0 Å². The van der Waals surface area contributed by atoms with Gasteiger partial charge in [-0.2, -0.15) is 0 Å². The SMILES string of the molecule is CC1CN(C2C3CCC2Cc2ccccc2C3)CCC1N. The van der Waals surface area contributed by atoms with E-state index in [1.165, 1.54) is 45.2 Å². The zero-order valence-corrected chi connectivity index (χ0v) is 13.2. The normalized spacial score (nSPS) is 39.8. The number of nitrogens with zero attached hydrogens (tertiary/aromatic N) is 1. The van der Waals surface area contributed by atoms with Gasteiger partial charge in [0.15, 0.2) is 0 Å². The Balaban J connectivity index is 1.58. The summed E-state index contributed by atoms with van der Waals surface area (Å²) in [6.45, 7) is 4.78. The molecule has 2 N–H and O–H groups in total. The van der Waals surface area contributed by atoms with Crippen molar-refractivity contribution in [2.75, 3.05) is 13.1 Å². The Morgan fingerprint density at radius 1 is 1.00 bits per heavy atom. The lowest BCUT2D eigenvalue weighted by molar-refractivity contribution is 0.0725. The van der Waals surface area contributed by atoms with Crippen LogP contribution in [0.2, 0.25) is 0 Å². The molecule has 2 bridgehead atoms. The maximum absolute atomic E-state index is 6.23. The van der Waals surface area contributed by atoms with E-state index >= 15 is 0 Å². The van der Waals surface area contributed by atoms with Crippen LogP contribution in [0.15, 0.2) is 24.3 Å². The van der Waals surface area contributed by atoms with E-state index in [-0.39, 0.29) is 0 Å². The van der Waals surface area contributed by atoms with Crippen molar-refractivity contribution in [2.24, 2.45) is 23.5 Å². The molecule has 4 atom stereocenters. The highest BCUT2D eigenvalue weighted by Crippen LogP contribution is 2.43. The van der Waals surface area contributed by atoms with Gasteiger partial charge in [0, 0.05) is 18.6 Å². The molecule has 0 amide bonds. The number of nitrogens with two attached hydrogens (primary N) is 1. The minimum absolute atomic E-state index is 0.418. The number of hydrogen-bond donors (Lipinski definition) is 1. The summed E-state index contributed by atoms with van der Waals surface area (Å²) in [6.07, 6.45) is 6.65. The highest BCUT2D eigenvalue weighted by molar-refractivity contribution is 5.31. The zero-order chi connectivity index (χ0) is 14.4. The Labute approximate surface area is 128 Å². The summed E-state index contributed by atoms with van der Waals surface area (Å²) in [5, 5.41) is 0. The van der Waals surface area contributed by atoms with Crippen LogP contribution in [0.4, 0.5) is 0 Å². The van der Waals surface area contributed by atoms with Gasteiger partial charge in [-0.05, 0) is 67.5 Å². The van der Waals surface area contributed by atoms with Crippen LogP contribution in [0.5, 0.6) is 0 Å². The maximum atomic E-state index is 6.23. The summed E-state index contributed by atoms with van der Waals surface area (Å²) in [4.78, 5) is 2.81. The summed E-state index contributed by atoms with van der Waals surface area (Å²) in [6, 6.07) is 10.4. The topological polar surface area (TPSA) is 29.3 Å². The van der Waals surface area contributed by atoms with Crippen molar-refractivity contribution >= 4 is 0 Å². The quantitative estimate of drug-likeness (QED) is 0.859. The third-order valence-corrected chi connectivity index (χ3v) is 6.38. The Bertz CT molecular complexity index is 479. The average Bonchev–Trinajstić information content (AvgIpc) is 2.77. The predicted molar refractivity (Wildman–Crippen MR) is 87.2 cm³/mol. The summed E-state index contributed by atoms with van der Waals surface area (Å²) in [7, 11) is 0. The summed E-state index contributed by atoms with van der Waals surface area (Å²) in [5.74, 6) is 2.41. The molecule has 2 fully saturated rings. The minimum Gasteiger partial charge on any atom is -0.327 e. The molecule has 0 aromatic heterocycles. The molecule has 1 saturated carbocycles. The van der Waals surface area contributed by atoms with Crippen LogP contribution >= 0.6 is 0 Å². The standard InChI is InChI=1S/C19H28N2/c1-13-12-21(9-8-18(13)20)19-16-6-7-17(19)11-15-5-3-2-4-14(15)10-16/h2-5,13,16-19H,6-12,20H2,1H3. The first-order chi connectivity index (χ1) is 10.2. The zero-order valence-electron chi connectivity index (χ0n) is 13.2. The Hall–Kier alpha value is -0.860. The Morgan fingerprint density at radius 2 is 1.62 bits per heavy atom. The van der Waals surface area contributed by atoms with Crippen LogP contribution in [0.25, 0.3) is 0 Å². The molecule has 2 aliphatic carbocycles. The predicted octanol–water partition coefficient (Wildman–Crippen LogP) is 2.85. The summed E-state index contributed by atoms with van der Waals surface area (Å²) in [5.41, 5.74) is 9.47. The molecule has 1 aromatic carbocycles. The number of fused-ring (bicyclic) bond motifs is 3. The number of likely N-dealkylation sites (tertiary alicyclic amines) is 1. The van der Waals surface area contributed by atoms with Gasteiger partial charge in [0.05, 0.1) is 0 Å². The minimum atomic E-state index is 0.418. The summed E-state index contributed by atoms with van der Waals surface area (Å²) < 4.78 is 0. The third-order valence-electron chi connectivity index (χ3n) is 6.38. The molecule has 1 aliphatic heterocycles. The van der Waals surface area contributed by atoms with Crippen LogP contribution in [-0.2, 0) is 12.8 Å². The molecule has 4 rings (SSSR count). The monoisotopic (exact) mass is 284 g/mol. The van der Waals surface area contributed by atoms with E-state index in [2.05, 4.69) is 36.1 Å². The fourth-order valence-electron chi connectivity index (χ4n) is 5.18. The Morgan fingerprint density at radius 3 is 2.19 bits per heavy atom. The molecule has 2 heteroatoms. The van der Waals surface area contributed by atoms with Crippen molar-refractivity contribution in [2.45, 2.75) is 51.1 Å². The largest absolute Gasteiger partial charge is 0.327 e. The van der Waals surface area contributed by atoms with Crippen molar-refractivity contribution < 1.29 is 0 Å². The first-order valence-electron chi connectivity index (χ1n) is 8.79. The van der Waals surface area contributed by atoms with E-state index in [1.807, 2.05) is 0 Å². The lowest BCUT2D eigenvalue weighted by Gasteiger charge is -2.42. The molecule has 0 spiro atoms. The van der Waals surface area contributed by atoms with Crippen LogP contribution in [0.3, 0.4) is 0 Å². The fourth-order valence-corrected chi connectivity index (χ4v) is 5.18. The van der Waals surface area contributed by atoms with Crippen molar-refractivity contribution in [3.8, 4) is 0 Å². The average molecular weight is 284 g/mol. The van der Waals surface area contributed by atoms with Gasteiger partial charge in [-0.15, -0.1) is 0 Å². The molecular weight excluding hydrogens is 256 g/mol. The number of piperidine rings is 1. The van der Waals surface area contributed by atoms with Gasteiger partial charge in [0.2, 0.25) is 0 Å². The van der Waals surface area contributed by atoms with Gasteiger partial charge in [-0.25, -0.2) is 0 Å². The molecule has 0 radical (unpaired) electrons. The molecule has 3 aliphatic rings. The molecule has 4 unspecified atom stereocenters. The van der Waals surface area contributed by atoms with Crippen LogP contribution in [-0.4, -0.2) is 30.1 Å². The van der Waals surface area contributed by atoms with Crippen molar-refractivity contribution in [1.82, 2.24) is 4.90 Å². The molecule has 1 aromatic rings. The molecular formula is C19H28N2. The molecule has 2 nitrogen and oxygen atoms in total. The van der Waals surface area contributed by atoms with Crippen LogP contribution < -0.4 is 5.73 Å². The van der Waals surface area contributed by atoms with Gasteiger partial charge in [-0.1, -0.05) is 31.2 Å². The number of benzene rings is 1. The number of rotatable bonds is 1. The highest BCUT2D eigenvalue weighted by atomic mass is 15.2. The summed E-state index contributed by atoms with van der Waals surface area (Å²) >= 11 is 0. The van der Waals surface area contributed by atoms with E-state index < -0.39 is 0 Å². The molecule has 114 valence electrons. The lowest BCUT2D eigenvalue weighted by Crippen LogP contribution is -2.52. The molecule has 1 saturated heterocycles. The van der Waals surface area contributed by atoms with E-state index in [9.17, 15) is 0 Å². The first kappa shape index (κ1) is 13.8. The van der Waals surface area contributed by atoms with Gasteiger partial charge in [-0.3, -0.25) is 4.90 Å². The van der Waals surface area contributed by atoms with Gasteiger partial charge in [0.25, 0.3) is 0 Å². The van der Waals surface area contributed by atoms with Crippen molar-refractivity contribution in [3.05, 3.63) is 35.4 Å². The lowest BCUT2D eigenvalue weighted by atomic mass is 9.88. The van der Waals surface area contributed by atoms with E-state index in [4.69, 9.17) is 5.73 Å². The maximum Gasteiger partial charge on any atom is 0.0158 e. The van der Waals surface area contributed by atoms with E-state index in [0.717, 1.165) is 17.9 Å². The molecule has 21 heavy (non-hydrogen) atoms. The van der Waals surface area contributed by atoms with Crippen LogP contribution in [0, 0.1) is 17.8 Å². The second-order valence-corrected chi connectivity index (χ2v) is 7.69. The van der Waals surface area contributed by atoms with Crippen LogP contribution in [0.1, 0.15) is 37.3 Å². The number of hydrogen-bond acceptors (Lipinski definition) is 2. The molecule has 1 heterocycles. The van der Waals surface area contributed by atoms with Gasteiger partial charge < -0.3 is 5.73 Å². The van der Waals surface area contributed by atoms with Crippen molar-refractivity contribution in [1.29, 1.82) is 0 Å². The fraction of sp³-hybridized carbons (Fsp3) is 0.684. The van der Waals surface area contributed by atoms with E-state index in [0.29, 0.717) is 12.0 Å². The third kappa shape index (κ3) is 2.43. The Kier molecular flexibility index (Phi) is 3.55. The van der Waals surface area contributed by atoms with Gasteiger partial charge in [0.1, 0.15) is 0 Å². The van der Waals surface area contributed by atoms with Gasteiger partial charge >= 0.3 is 0 Å². The second kappa shape index (κ2) is 5.40. The first-order valence-corrected chi connectivity index (χ1v) is 8.79. The second-order valence-electron chi connectivity index (χ2n) is 7.69. The van der Waals surface area contributed by atoms with E-state index in [1.54, 1.807) is 11.1 Å².